The van der Waals surface area contributed by atoms with Crippen LogP contribution < -0.4 is 27.0 Å². The van der Waals surface area contributed by atoms with E-state index in [2.05, 4.69) is 20.8 Å². The molecule has 202 valence electrons. The summed E-state index contributed by atoms with van der Waals surface area (Å²) in [6.07, 6.45) is 0. The number of pyridine rings is 2. The van der Waals surface area contributed by atoms with Gasteiger partial charge in [-0.2, -0.15) is 5.48 Å². The van der Waals surface area contributed by atoms with E-state index in [1.54, 1.807) is 44.2 Å². The van der Waals surface area contributed by atoms with Gasteiger partial charge in [0, 0.05) is 16.3 Å². The number of nitrogens with one attached hydrogen (secondary N) is 2. The summed E-state index contributed by atoms with van der Waals surface area (Å²) in [6, 6.07) is 9.77. The van der Waals surface area contributed by atoms with Gasteiger partial charge in [-0.1, -0.05) is 6.07 Å². The second-order valence-corrected chi connectivity index (χ2v) is 10.6. The van der Waals surface area contributed by atoms with Crippen molar-refractivity contribution in [1.82, 2.24) is 15.4 Å². The summed E-state index contributed by atoms with van der Waals surface area (Å²) < 4.78 is 5.73. The Morgan fingerprint density at radius 1 is 0.756 bits per heavy atom. The van der Waals surface area contributed by atoms with Gasteiger partial charge in [0.15, 0.2) is 0 Å². The summed E-state index contributed by atoms with van der Waals surface area (Å²) in [6.45, 7) is 3.24. The van der Waals surface area contributed by atoms with E-state index in [4.69, 9.17) is 21.0 Å². The number of hydrogen-bond donors (Lipinski definition) is 4. The third kappa shape index (κ3) is 3.52. The molecule has 2 amide bonds. The smallest absolute Gasteiger partial charge is 0.375 e. The number of aromatic nitrogens is 2. The molecule has 0 unspecified atom stereocenters. The van der Waals surface area contributed by atoms with Gasteiger partial charge in [0.25, 0.3) is 11.8 Å². The van der Waals surface area contributed by atoms with Gasteiger partial charge in [-0.05, 0) is 49.7 Å². The number of amides is 2. The summed E-state index contributed by atoms with van der Waals surface area (Å²) >= 11 is 0.753. The van der Waals surface area contributed by atoms with Crippen molar-refractivity contribution in [2.75, 3.05) is 16.8 Å². The largest absolute Gasteiger partial charge is 0.422 e. The SMILES string of the molecule is Cc1nc2ccc3cc2c(N)c1C(=O)NOC(=O)c1sc(c2c1NC(=O)c1c(C)nc4ccc-2cc4c1N)C(=O)O3. The number of carbonyl (C=O) groups is 4. The topological polar surface area (TPSA) is 189 Å². The average Bonchev–Trinajstić information content (AvgIpc) is 3.30. The van der Waals surface area contributed by atoms with Crippen molar-refractivity contribution in [2.24, 2.45) is 0 Å². The van der Waals surface area contributed by atoms with Crippen LogP contribution in [0.3, 0.4) is 0 Å². The van der Waals surface area contributed by atoms with Crippen molar-refractivity contribution in [2.45, 2.75) is 13.8 Å². The Labute approximate surface area is 234 Å². The summed E-state index contributed by atoms with van der Waals surface area (Å²) in [5.74, 6) is -3.14. The highest BCUT2D eigenvalue weighted by Gasteiger charge is 2.34. The van der Waals surface area contributed by atoms with Gasteiger partial charge >= 0.3 is 11.9 Å². The van der Waals surface area contributed by atoms with Crippen molar-refractivity contribution in [3.8, 4) is 16.9 Å². The van der Waals surface area contributed by atoms with Crippen LogP contribution in [0.15, 0.2) is 36.4 Å². The highest BCUT2D eigenvalue weighted by atomic mass is 32.1. The lowest BCUT2D eigenvalue weighted by Crippen LogP contribution is -2.29. The van der Waals surface area contributed by atoms with Gasteiger partial charge in [-0.3, -0.25) is 19.6 Å². The number of anilines is 3. The molecule has 13 heteroatoms. The van der Waals surface area contributed by atoms with Crippen LogP contribution in [0.4, 0.5) is 17.1 Å². The molecule has 0 saturated carbocycles. The van der Waals surface area contributed by atoms with Gasteiger partial charge in [-0.15, -0.1) is 11.3 Å². The number of carbonyl (C=O) groups excluding carboxylic acids is 4. The predicted molar refractivity (Wildman–Crippen MR) is 151 cm³/mol. The molecule has 5 aromatic rings. The van der Waals surface area contributed by atoms with E-state index in [0.29, 0.717) is 38.8 Å². The minimum atomic E-state index is -1.03. The lowest BCUT2D eigenvalue weighted by atomic mass is 10.0. The highest BCUT2D eigenvalue weighted by molar-refractivity contribution is 7.17. The number of nitrogens with zero attached hydrogens (tertiary/aromatic N) is 2. The van der Waals surface area contributed by atoms with Crippen LogP contribution in [0.25, 0.3) is 32.9 Å². The lowest BCUT2D eigenvalue weighted by molar-refractivity contribution is 0.0235. The Hall–Kier alpha value is -5.56. The van der Waals surface area contributed by atoms with E-state index in [1.807, 2.05) is 0 Å². The standard InChI is InChI=1S/C28H18N6O6S/c1-9-17-20(29)13-7-11(3-5-15(13)31-9)19-22(33-25(17)35)24-28(38)40-34-26(36)18-10(2)32-16-6-4-12(8-14(16)21(18)30)39-27(37)23(19)41-24/h3-8H,1-2H3,(H2,29,31)(H2,30,32)(H,33,35)(H,34,36). The number of benzene rings is 2. The van der Waals surface area contributed by atoms with Crippen molar-refractivity contribution in [1.29, 1.82) is 0 Å². The van der Waals surface area contributed by atoms with Crippen LogP contribution in [0.1, 0.15) is 51.4 Å². The Balaban J connectivity index is 1.48. The molecule has 0 atom stereocenters. The minimum Gasteiger partial charge on any atom is -0.422 e. The molecular formula is C28H18N6O6S. The predicted octanol–water partition coefficient (Wildman–Crippen LogP) is 3.89. The second kappa shape index (κ2) is 8.47. The molecule has 7 rings (SSSR count). The fourth-order valence-corrected chi connectivity index (χ4v) is 6.27. The molecule has 41 heavy (non-hydrogen) atoms. The van der Waals surface area contributed by atoms with E-state index in [-0.39, 0.29) is 49.3 Å². The first kappa shape index (κ1) is 24.5. The van der Waals surface area contributed by atoms with Crippen molar-refractivity contribution < 1.29 is 28.8 Å². The van der Waals surface area contributed by atoms with Crippen LogP contribution in [-0.2, 0) is 4.84 Å². The number of ether oxygens (including phenoxy) is 1. The van der Waals surface area contributed by atoms with Gasteiger partial charge < -0.3 is 26.4 Å². The van der Waals surface area contributed by atoms with Gasteiger partial charge in [0.05, 0.1) is 50.6 Å². The molecule has 0 saturated heterocycles. The number of aryl methyl sites for hydroxylation is 2. The molecule has 5 heterocycles. The first-order chi connectivity index (χ1) is 19.6. The number of esters is 1. The molecule has 6 N–H and O–H groups in total. The molecule has 2 aliphatic rings. The molecule has 0 spiro atoms. The first-order valence-electron chi connectivity index (χ1n) is 12.2. The number of rotatable bonds is 0. The molecule has 2 aliphatic heterocycles. The molecule has 8 bridgehead atoms. The van der Waals surface area contributed by atoms with Gasteiger partial charge in [0.2, 0.25) is 0 Å². The Kier molecular flexibility index (Phi) is 5.06. The summed E-state index contributed by atoms with van der Waals surface area (Å²) in [7, 11) is 0. The zero-order valence-electron chi connectivity index (χ0n) is 21.4. The summed E-state index contributed by atoms with van der Waals surface area (Å²) in [4.78, 5) is 67.6. The zero-order chi connectivity index (χ0) is 28.7. The average molecular weight is 567 g/mol. The van der Waals surface area contributed by atoms with Crippen LogP contribution in [-0.4, -0.2) is 33.7 Å². The summed E-state index contributed by atoms with van der Waals surface area (Å²) in [5.41, 5.74) is 17.6. The molecule has 12 nitrogen and oxygen atoms in total. The normalized spacial score (nSPS) is 14.3. The first-order valence-corrected chi connectivity index (χ1v) is 13.1. The van der Waals surface area contributed by atoms with Crippen LogP contribution in [0, 0.1) is 13.8 Å². The number of nitrogens with two attached hydrogens (primary N) is 2. The second-order valence-electron chi connectivity index (χ2n) is 9.56. The van der Waals surface area contributed by atoms with Crippen molar-refractivity contribution in [3.63, 3.8) is 0 Å². The Bertz CT molecular complexity index is 2080. The fourth-order valence-electron chi connectivity index (χ4n) is 5.23. The lowest BCUT2D eigenvalue weighted by Gasteiger charge is -2.13. The maximum absolute atomic E-state index is 13.7. The zero-order valence-corrected chi connectivity index (χ0v) is 22.2. The molecule has 0 fully saturated rings. The highest BCUT2D eigenvalue weighted by Crippen LogP contribution is 2.45. The van der Waals surface area contributed by atoms with Crippen LogP contribution >= 0.6 is 11.3 Å². The van der Waals surface area contributed by atoms with Crippen LogP contribution in [0.2, 0.25) is 0 Å². The van der Waals surface area contributed by atoms with Crippen molar-refractivity contribution in [3.05, 3.63) is 68.7 Å². The van der Waals surface area contributed by atoms with E-state index in [0.717, 1.165) is 11.3 Å². The molecule has 0 aliphatic carbocycles. The van der Waals surface area contributed by atoms with E-state index < -0.39 is 23.8 Å². The Morgan fingerprint density at radius 2 is 1.39 bits per heavy atom. The third-order valence-electron chi connectivity index (χ3n) is 7.09. The Morgan fingerprint density at radius 3 is 2.10 bits per heavy atom. The van der Waals surface area contributed by atoms with E-state index in [9.17, 15) is 19.2 Å². The molecular weight excluding hydrogens is 548 g/mol. The number of hydrogen-bond acceptors (Lipinski definition) is 11. The number of fused-ring (bicyclic) bond motifs is 10. The molecule has 2 aromatic carbocycles. The van der Waals surface area contributed by atoms with E-state index in [1.165, 1.54) is 6.07 Å². The van der Waals surface area contributed by atoms with Gasteiger partial charge in [-0.25, -0.2) is 9.59 Å². The number of hydroxylamine groups is 1. The van der Waals surface area contributed by atoms with Crippen LogP contribution in [0.5, 0.6) is 5.75 Å². The monoisotopic (exact) mass is 566 g/mol. The van der Waals surface area contributed by atoms with Gasteiger partial charge in [0.1, 0.15) is 15.5 Å². The minimum absolute atomic E-state index is 0.00373. The van der Waals surface area contributed by atoms with Crippen molar-refractivity contribution >= 4 is 74.0 Å². The summed E-state index contributed by atoms with van der Waals surface area (Å²) in [5, 5.41) is 3.60. The third-order valence-corrected chi connectivity index (χ3v) is 8.24. The quantitative estimate of drug-likeness (QED) is 0.158. The number of thiophene rings is 1. The number of nitrogen functional groups attached to an aromatic ring is 2. The van der Waals surface area contributed by atoms with E-state index >= 15 is 0 Å². The fraction of sp³-hybridized carbons (Fsp3) is 0.0714. The maximum Gasteiger partial charge on any atom is 0.375 e. The molecule has 0 radical (unpaired) electrons. The maximum atomic E-state index is 13.7. The molecule has 3 aromatic heterocycles.